The van der Waals surface area contributed by atoms with Gasteiger partial charge in [0.05, 0.1) is 17.9 Å². The summed E-state index contributed by atoms with van der Waals surface area (Å²) in [6.07, 6.45) is 0.779. The number of hydrogen-bond donors (Lipinski definition) is 0. The molecular weight excluding hydrogens is 417 g/mol. The molecule has 0 aliphatic carbocycles. The zero-order chi connectivity index (χ0) is 22.5. The molecule has 0 fully saturated rings. The lowest BCUT2D eigenvalue weighted by Crippen LogP contribution is -2.31. The van der Waals surface area contributed by atoms with Crippen LogP contribution in [0.1, 0.15) is 22.5 Å². The van der Waals surface area contributed by atoms with Gasteiger partial charge in [-0.2, -0.15) is 5.10 Å². The zero-order valence-corrected chi connectivity index (χ0v) is 18.4. The monoisotopic (exact) mass is 439 g/mol. The van der Waals surface area contributed by atoms with Gasteiger partial charge in [0.2, 0.25) is 0 Å². The fourth-order valence-corrected chi connectivity index (χ4v) is 4.65. The minimum Gasteiger partial charge on any atom is -0.356 e. The summed E-state index contributed by atoms with van der Waals surface area (Å²) in [6.45, 7) is 5.53. The molecule has 5 aromatic rings. The molecule has 7 heteroatoms. The SMILES string of the molecule is Cc1cc(N2CCc3c(noc3-c3ccc(F)cc3)C2)nc2c1c(C)nn2-c1ccccc1. The highest BCUT2D eigenvalue weighted by Crippen LogP contribution is 2.33. The Bertz CT molecular complexity index is 1470. The molecular formula is C26H22FN5O. The van der Waals surface area contributed by atoms with Gasteiger partial charge in [-0.15, -0.1) is 0 Å². The average molecular weight is 439 g/mol. The topological polar surface area (TPSA) is 60.0 Å². The molecule has 0 saturated heterocycles. The van der Waals surface area contributed by atoms with Gasteiger partial charge in [-0.05, 0) is 68.3 Å². The van der Waals surface area contributed by atoms with Gasteiger partial charge in [0.1, 0.15) is 17.3 Å². The van der Waals surface area contributed by atoms with Crippen LogP contribution in [-0.4, -0.2) is 26.5 Å². The maximum atomic E-state index is 13.3. The Morgan fingerprint density at radius 1 is 1.00 bits per heavy atom. The third kappa shape index (κ3) is 3.28. The first-order valence-corrected chi connectivity index (χ1v) is 11.0. The van der Waals surface area contributed by atoms with Crippen molar-refractivity contribution < 1.29 is 8.91 Å². The number of benzene rings is 2. The lowest BCUT2D eigenvalue weighted by atomic mass is 10.0. The summed E-state index contributed by atoms with van der Waals surface area (Å²) in [6, 6.07) is 18.5. The van der Waals surface area contributed by atoms with Crippen molar-refractivity contribution in [1.82, 2.24) is 19.9 Å². The van der Waals surface area contributed by atoms with Crippen LogP contribution in [0.2, 0.25) is 0 Å². The van der Waals surface area contributed by atoms with Gasteiger partial charge < -0.3 is 9.42 Å². The first-order valence-electron chi connectivity index (χ1n) is 11.0. The van der Waals surface area contributed by atoms with Gasteiger partial charge >= 0.3 is 0 Å². The van der Waals surface area contributed by atoms with Crippen molar-refractivity contribution in [2.24, 2.45) is 0 Å². The number of pyridine rings is 1. The molecule has 0 radical (unpaired) electrons. The second-order valence-electron chi connectivity index (χ2n) is 8.44. The highest BCUT2D eigenvalue weighted by Gasteiger charge is 2.26. The summed E-state index contributed by atoms with van der Waals surface area (Å²) < 4.78 is 20.9. The van der Waals surface area contributed by atoms with Crippen LogP contribution in [-0.2, 0) is 13.0 Å². The molecule has 33 heavy (non-hydrogen) atoms. The van der Waals surface area contributed by atoms with Gasteiger partial charge in [-0.1, -0.05) is 23.4 Å². The average Bonchev–Trinajstić information content (AvgIpc) is 3.41. The number of rotatable bonds is 3. The predicted molar refractivity (Wildman–Crippen MR) is 125 cm³/mol. The molecule has 1 aliphatic rings. The molecule has 3 aromatic heterocycles. The smallest absolute Gasteiger partial charge is 0.170 e. The van der Waals surface area contributed by atoms with E-state index in [0.717, 1.165) is 69.3 Å². The van der Waals surface area contributed by atoms with Crippen LogP contribution < -0.4 is 4.90 Å². The molecule has 0 N–H and O–H groups in total. The van der Waals surface area contributed by atoms with E-state index in [-0.39, 0.29) is 5.82 Å². The van der Waals surface area contributed by atoms with Crippen LogP contribution >= 0.6 is 0 Å². The summed E-state index contributed by atoms with van der Waals surface area (Å²) in [5, 5.41) is 10.2. The highest BCUT2D eigenvalue weighted by atomic mass is 19.1. The maximum Gasteiger partial charge on any atom is 0.170 e. The zero-order valence-electron chi connectivity index (χ0n) is 18.4. The van der Waals surface area contributed by atoms with Crippen LogP contribution in [0.25, 0.3) is 28.0 Å². The summed E-state index contributed by atoms with van der Waals surface area (Å²) >= 11 is 0. The molecule has 164 valence electrons. The van der Waals surface area contributed by atoms with Crippen molar-refractivity contribution in [1.29, 1.82) is 0 Å². The minimum atomic E-state index is -0.264. The number of fused-ring (bicyclic) bond motifs is 2. The Labute approximate surface area is 190 Å². The van der Waals surface area contributed by atoms with Crippen LogP contribution in [0.15, 0.2) is 65.2 Å². The Hall–Kier alpha value is -4.00. The van der Waals surface area contributed by atoms with Crippen LogP contribution in [0.5, 0.6) is 0 Å². The van der Waals surface area contributed by atoms with E-state index in [9.17, 15) is 4.39 Å². The largest absolute Gasteiger partial charge is 0.356 e. The van der Waals surface area contributed by atoms with E-state index >= 15 is 0 Å². The number of nitrogens with zero attached hydrogens (tertiary/aromatic N) is 5. The van der Waals surface area contributed by atoms with E-state index in [1.807, 2.05) is 41.9 Å². The lowest BCUT2D eigenvalue weighted by molar-refractivity contribution is 0.423. The molecule has 6 rings (SSSR count). The number of aromatic nitrogens is 4. The Morgan fingerprint density at radius 2 is 1.79 bits per heavy atom. The molecule has 2 aromatic carbocycles. The van der Waals surface area contributed by atoms with E-state index in [2.05, 4.69) is 23.0 Å². The fraction of sp³-hybridized carbons (Fsp3) is 0.192. The van der Waals surface area contributed by atoms with Gasteiger partial charge in [-0.25, -0.2) is 14.1 Å². The van der Waals surface area contributed by atoms with Gasteiger partial charge in [0.25, 0.3) is 0 Å². The number of aryl methyl sites for hydroxylation is 2. The lowest BCUT2D eigenvalue weighted by Gasteiger charge is -2.27. The molecule has 0 bridgehead atoms. The highest BCUT2D eigenvalue weighted by molar-refractivity contribution is 5.85. The van der Waals surface area contributed by atoms with Crippen molar-refractivity contribution in [3.63, 3.8) is 0 Å². The number of para-hydroxylation sites is 1. The van der Waals surface area contributed by atoms with Gasteiger partial charge in [-0.3, -0.25) is 0 Å². The molecule has 0 atom stereocenters. The standard InChI is InChI=1S/C26H22FN5O/c1-16-14-23(28-26-24(16)17(2)29-32(26)20-6-4-3-5-7-20)31-13-12-21-22(15-31)30-33-25(21)18-8-10-19(27)11-9-18/h3-11,14H,12-13,15H2,1-2H3. The van der Waals surface area contributed by atoms with Gasteiger partial charge in [0, 0.05) is 23.1 Å². The molecule has 6 nitrogen and oxygen atoms in total. The Balaban J connectivity index is 1.38. The van der Waals surface area contributed by atoms with Crippen molar-refractivity contribution in [3.05, 3.63) is 89.0 Å². The Morgan fingerprint density at radius 3 is 2.58 bits per heavy atom. The second-order valence-corrected chi connectivity index (χ2v) is 8.44. The van der Waals surface area contributed by atoms with E-state index in [4.69, 9.17) is 14.6 Å². The quantitative estimate of drug-likeness (QED) is 0.377. The number of halogens is 1. The normalized spacial score (nSPS) is 13.5. The van der Waals surface area contributed by atoms with E-state index < -0.39 is 0 Å². The van der Waals surface area contributed by atoms with Crippen LogP contribution in [0.4, 0.5) is 10.2 Å². The minimum absolute atomic E-state index is 0.264. The maximum absolute atomic E-state index is 13.3. The molecule has 0 saturated carbocycles. The van der Waals surface area contributed by atoms with E-state index in [1.165, 1.54) is 12.1 Å². The molecule has 1 aliphatic heterocycles. The molecule has 4 heterocycles. The summed E-state index contributed by atoms with van der Waals surface area (Å²) in [7, 11) is 0. The van der Waals surface area contributed by atoms with Crippen molar-refractivity contribution >= 4 is 16.9 Å². The molecule has 0 unspecified atom stereocenters. The third-order valence-electron chi connectivity index (χ3n) is 6.27. The van der Waals surface area contributed by atoms with Crippen molar-refractivity contribution in [2.75, 3.05) is 11.4 Å². The van der Waals surface area contributed by atoms with E-state index in [0.29, 0.717) is 6.54 Å². The summed E-state index contributed by atoms with van der Waals surface area (Å²) in [4.78, 5) is 7.26. The first-order chi connectivity index (χ1) is 16.1. The number of hydrogen-bond acceptors (Lipinski definition) is 5. The van der Waals surface area contributed by atoms with Crippen molar-refractivity contribution in [3.8, 4) is 17.0 Å². The molecule has 0 spiro atoms. The van der Waals surface area contributed by atoms with Gasteiger partial charge in [0.15, 0.2) is 11.4 Å². The fourth-order valence-electron chi connectivity index (χ4n) is 4.65. The third-order valence-corrected chi connectivity index (χ3v) is 6.27. The van der Waals surface area contributed by atoms with E-state index in [1.54, 1.807) is 12.1 Å². The second kappa shape index (κ2) is 7.55. The van der Waals surface area contributed by atoms with Crippen LogP contribution in [0, 0.1) is 19.7 Å². The number of anilines is 1. The molecule has 0 amide bonds. The summed E-state index contributed by atoms with van der Waals surface area (Å²) in [5.41, 5.74) is 6.78. The first kappa shape index (κ1) is 19.7. The summed E-state index contributed by atoms with van der Waals surface area (Å²) in [5.74, 6) is 1.36. The Kier molecular flexibility index (Phi) is 4.50. The van der Waals surface area contributed by atoms with Crippen molar-refractivity contribution in [2.45, 2.75) is 26.8 Å². The predicted octanol–water partition coefficient (Wildman–Crippen LogP) is 5.39. The van der Waals surface area contributed by atoms with Crippen LogP contribution in [0.3, 0.4) is 0 Å².